The minimum absolute atomic E-state index is 0.00741. The van der Waals surface area contributed by atoms with Gasteiger partial charge in [-0.3, -0.25) is 9.59 Å². The lowest BCUT2D eigenvalue weighted by Crippen LogP contribution is -2.46. The predicted molar refractivity (Wildman–Crippen MR) is 101 cm³/mol. The molecule has 26 heavy (non-hydrogen) atoms. The van der Waals surface area contributed by atoms with E-state index in [1.807, 2.05) is 16.8 Å². The lowest BCUT2D eigenvalue weighted by Gasteiger charge is -2.17. The predicted octanol–water partition coefficient (Wildman–Crippen LogP) is 1.85. The van der Waals surface area contributed by atoms with E-state index in [-0.39, 0.29) is 24.5 Å². The van der Waals surface area contributed by atoms with Crippen LogP contribution < -0.4 is 10.1 Å². The summed E-state index contributed by atoms with van der Waals surface area (Å²) in [4.78, 5) is 24.2. The summed E-state index contributed by atoms with van der Waals surface area (Å²) in [7, 11) is -0.0965. The van der Waals surface area contributed by atoms with Crippen molar-refractivity contribution in [3.8, 4) is 5.75 Å². The van der Waals surface area contributed by atoms with Gasteiger partial charge >= 0.3 is 7.12 Å². The van der Waals surface area contributed by atoms with E-state index in [0.717, 1.165) is 5.56 Å². The van der Waals surface area contributed by atoms with Gasteiger partial charge in [0.25, 0.3) is 0 Å². The summed E-state index contributed by atoms with van der Waals surface area (Å²) in [5.74, 6) is -0.638. The second kappa shape index (κ2) is 10.1. The van der Waals surface area contributed by atoms with Crippen LogP contribution >= 0.6 is 11.3 Å². The van der Waals surface area contributed by atoms with E-state index < -0.39 is 13.1 Å². The van der Waals surface area contributed by atoms with E-state index in [1.54, 1.807) is 42.7 Å². The van der Waals surface area contributed by atoms with Gasteiger partial charge in [0, 0.05) is 18.4 Å². The van der Waals surface area contributed by atoms with Crippen molar-refractivity contribution in [2.24, 2.45) is 0 Å². The van der Waals surface area contributed by atoms with E-state index in [2.05, 4.69) is 5.32 Å². The first-order valence-electron chi connectivity index (χ1n) is 8.33. The molecule has 1 atom stereocenters. The number of amides is 1. The highest BCUT2D eigenvalue weighted by Crippen LogP contribution is 2.14. The SMILES string of the molecule is COc1ccc(C(=O)CCC(=O)N[C@@H](CCc2ccsc2)B(O)O)cc1. The Morgan fingerprint density at radius 3 is 2.50 bits per heavy atom. The van der Waals surface area contributed by atoms with Crippen LogP contribution in [0.5, 0.6) is 5.75 Å². The van der Waals surface area contributed by atoms with Crippen molar-refractivity contribution in [1.29, 1.82) is 0 Å². The van der Waals surface area contributed by atoms with Crippen LogP contribution in [0, 0.1) is 0 Å². The third-order valence-electron chi connectivity index (χ3n) is 4.02. The number of rotatable bonds is 10. The fourth-order valence-corrected chi connectivity index (χ4v) is 3.18. The van der Waals surface area contributed by atoms with Crippen LogP contribution in [0.25, 0.3) is 0 Å². The number of hydrogen-bond acceptors (Lipinski definition) is 6. The topological polar surface area (TPSA) is 95.9 Å². The lowest BCUT2D eigenvalue weighted by atomic mass is 9.76. The summed E-state index contributed by atoms with van der Waals surface area (Å²) in [6.45, 7) is 0. The molecule has 3 N–H and O–H groups in total. The molecule has 1 aromatic carbocycles. The van der Waals surface area contributed by atoms with Crippen LogP contribution in [-0.2, 0) is 11.2 Å². The highest BCUT2D eigenvalue weighted by atomic mass is 32.1. The quantitative estimate of drug-likeness (QED) is 0.435. The Hall–Kier alpha value is -2.16. The van der Waals surface area contributed by atoms with Crippen LogP contribution in [0.15, 0.2) is 41.1 Å². The van der Waals surface area contributed by atoms with Crippen LogP contribution in [0.2, 0.25) is 0 Å². The van der Waals surface area contributed by atoms with Crippen LogP contribution in [-0.4, -0.2) is 41.9 Å². The van der Waals surface area contributed by atoms with Gasteiger partial charge in [0.1, 0.15) is 5.75 Å². The van der Waals surface area contributed by atoms with Crippen molar-refractivity contribution < 1.29 is 24.4 Å². The van der Waals surface area contributed by atoms with Gasteiger partial charge in [-0.15, -0.1) is 0 Å². The molecular formula is C18H22BNO5S. The smallest absolute Gasteiger partial charge is 0.475 e. The Bertz CT molecular complexity index is 703. The first-order chi connectivity index (χ1) is 12.5. The molecule has 2 aromatic rings. The highest BCUT2D eigenvalue weighted by molar-refractivity contribution is 7.07. The van der Waals surface area contributed by atoms with Crippen molar-refractivity contribution in [2.45, 2.75) is 31.6 Å². The zero-order valence-electron chi connectivity index (χ0n) is 14.6. The Morgan fingerprint density at radius 2 is 1.92 bits per heavy atom. The van der Waals surface area contributed by atoms with Crippen molar-refractivity contribution >= 4 is 30.1 Å². The molecular weight excluding hydrogens is 353 g/mol. The molecule has 6 nitrogen and oxygen atoms in total. The maximum Gasteiger partial charge on any atom is 0.475 e. The molecule has 2 rings (SSSR count). The number of ether oxygens (including phenoxy) is 1. The summed E-state index contributed by atoms with van der Waals surface area (Å²) >= 11 is 1.57. The van der Waals surface area contributed by atoms with E-state index in [9.17, 15) is 19.6 Å². The maximum atomic E-state index is 12.1. The van der Waals surface area contributed by atoms with Gasteiger partial charge < -0.3 is 20.1 Å². The Balaban J connectivity index is 1.80. The average Bonchev–Trinajstić information content (AvgIpc) is 3.16. The van der Waals surface area contributed by atoms with Gasteiger partial charge in [0.2, 0.25) is 5.91 Å². The summed E-state index contributed by atoms with van der Waals surface area (Å²) in [6, 6.07) is 8.65. The number of hydrogen-bond donors (Lipinski definition) is 3. The molecule has 0 bridgehead atoms. The maximum absolute atomic E-state index is 12.1. The molecule has 8 heteroatoms. The van der Waals surface area contributed by atoms with Crippen LogP contribution in [0.3, 0.4) is 0 Å². The first-order valence-corrected chi connectivity index (χ1v) is 9.27. The van der Waals surface area contributed by atoms with Gasteiger partial charge in [0.05, 0.1) is 13.1 Å². The van der Waals surface area contributed by atoms with Gasteiger partial charge in [-0.05, 0) is 59.5 Å². The van der Waals surface area contributed by atoms with Gasteiger partial charge in [-0.1, -0.05) is 0 Å². The second-order valence-corrected chi connectivity index (χ2v) is 6.69. The number of Topliss-reactive ketones (excluding diaryl/α,β-unsaturated/α-hetero) is 1. The highest BCUT2D eigenvalue weighted by Gasteiger charge is 2.25. The number of nitrogens with one attached hydrogen (secondary N) is 1. The molecule has 1 aromatic heterocycles. The molecule has 0 aliphatic carbocycles. The summed E-state index contributed by atoms with van der Waals surface area (Å²) in [5, 5.41) is 25.4. The number of carbonyl (C=O) groups excluding carboxylic acids is 2. The Labute approximate surface area is 157 Å². The summed E-state index contributed by atoms with van der Waals surface area (Å²) in [6.07, 6.45) is 1.09. The molecule has 0 radical (unpaired) electrons. The number of ketones is 1. The Morgan fingerprint density at radius 1 is 1.19 bits per heavy atom. The molecule has 0 aliphatic rings. The monoisotopic (exact) mass is 375 g/mol. The molecule has 0 fully saturated rings. The van der Waals surface area contributed by atoms with Gasteiger partial charge in [0.15, 0.2) is 5.78 Å². The molecule has 0 saturated carbocycles. The third-order valence-corrected chi connectivity index (χ3v) is 4.75. The standard InChI is InChI=1S/C18H22BNO5S/c1-25-15-5-3-14(4-6-15)16(21)7-9-18(22)20-17(19(23)24)8-2-13-10-11-26-12-13/h3-6,10-12,17,23-24H,2,7-9H2,1H3,(H,20,22)/t17-/m0/s1. The normalized spacial score (nSPS) is 11.7. The average molecular weight is 375 g/mol. The third kappa shape index (κ3) is 6.29. The number of methoxy groups -OCH3 is 1. The minimum atomic E-state index is -1.64. The van der Waals surface area contributed by atoms with Gasteiger partial charge in [-0.2, -0.15) is 11.3 Å². The van der Waals surface area contributed by atoms with Crippen molar-refractivity contribution in [2.75, 3.05) is 7.11 Å². The lowest BCUT2D eigenvalue weighted by molar-refractivity contribution is -0.121. The first kappa shape index (κ1) is 20.2. The molecule has 0 saturated heterocycles. The second-order valence-electron chi connectivity index (χ2n) is 5.91. The minimum Gasteiger partial charge on any atom is -0.497 e. The van der Waals surface area contributed by atoms with Gasteiger partial charge in [-0.25, -0.2) is 0 Å². The van der Waals surface area contributed by atoms with E-state index in [1.165, 1.54) is 0 Å². The van der Waals surface area contributed by atoms with Crippen molar-refractivity contribution in [3.63, 3.8) is 0 Å². The molecule has 0 aliphatic heterocycles. The fraction of sp³-hybridized carbons (Fsp3) is 0.333. The largest absolute Gasteiger partial charge is 0.497 e. The molecule has 0 unspecified atom stereocenters. The zero-order chi connectivity index (χ0) is 18.9. The van der Waals surface area contributed by atoms with Crippen LogP contribution in [0.4, 0.5) is 0 Å². The zero-order valence-corrected chi connectivity index (χ0v) is 15.4. The van der Waals surface area contributed by atoms with Crippen LogP contribution in [0.1, 0.15) is 35.2 Å². The fourth-order valence-electron chi connectivity index (χ4n) is 2.48. The summed E-state index contributed by atoms with van der Waals surface area (Å²) in [5.41, 5.74) is 1.60. The summed E-state index contributed by atoms with van der Waals surface area (Å²) < 4.78 is 5.04. The van der Waals surface area contributed by atoms with E-state index >= 15 is 0 Å². The number of benzene rings is 1. The number of carbonyl (C=O) groups is 2. The van der Waals surface area contributed by atoms with E-state index in [0.29, 0.717) is 24.2 Å². The van der Waals surface area contributed by atoms with E-state index in [4.69, 9.17) is 4.74 Å². The molecule has 1 amide bonds. The number of aryl methyl sites for hydroxylation is 1. The molecule has 0 spiro atoms. The molecule has 138 valence electrons. The van der Waals surface area contributed by atoms with Crippen molar-refractivity contribution in [1.82, 2.24) is 5.32 Å². The molecule has 1 heterocycles. The Kier molecular flexibility index (Phi) is 7.84. The number of thiophene rings is 1. The van der Waals surface area contributed by atoms with Crippen molar-refractivity contribution in [3.05, 3.63) is 52.2 Å².